The molecule has 0 aliphatic rings. The Kier molecular flexibility index (Phi) is 4.23. The summed E-state index contributed by atoms with van der Waals surface area (Å²) < 4.78 is 18.9. The Morgan fingerprint density at radius 2 is 1.90 bits per heavy atom. The van der Waals surface area contributed by atoms with Gasteiger partial charge in [-0.25, -0.2) is 4.39 Å². The number of ketones is 1. The van der Waals surface area contributed by atoms with Crippen LogP contribution in [-0.2, 0) is 0 Å². The molecule has 0 saturated carbocycles. The molecule has 0 fully saturated rings. The summed E-state index contributed by atoms with van der Waals surface area (Å²) in [5, 5.41) is 0. The van der Waals surface area contributed by atoms with Crippen molar-refractivity contribution >= 4 is 21.7 Å². The van der Waals surface area contributed by atoms with Crippen molar-refractivity contribution in [1.29, 1.82) is 0 Å². The highest BCUT2D eigenvalue weighted by molar-refractivity contribution is 9.10. The maximum Gasteiger partial charge on any atom is 0.196 e. The lowest BCUT2D eigenvalue weighted by molar-refractivity contribution is 0.103. The molecule has 2 aromatic rings. The summed E-state index contributed by atoms with van der Waals surface area (Å²) in [6.07, 6.45) is 0. The Morgan fingerprint density at radius 1 is 1.20 bits per heavy atom. The van der Waals surface area contributed by atoms with Gasteiger partial charge in [0.15, 0.2) is 5.78 Å². The predicted octanol–water partition coefficient (Wildman–Crippen LogP) is 4.44. The zero-order chi connectivity index (χ0) is 14.9. The summed E-state index contributed by atoms with van der Waals surface area (Å²) in [5.41, 5.74) is 2.88. The van der Waals surface area contributed by atoms with Gasteiger partial charge in [0.25, 0.3) is 0 Å². The number of hydrogen-bond acceptors (Lipinski definition) is 2. The summed E-state index contributed by atoms with van der Waals surface area (Å²) in [5.74, 6) is -0.0188. The fourth-order valence-electron chi connectivity index (χ4n) is 2.02. The van der Waals surface area contributed by atoms with Gasteiger partial charge in [0, 0.05) is 5.56 Å². The van der Waals surface area contributed by atoms with Crippen LogP contribution in [0, 0.1) is 19.7 Å². The zero-order valence-electron chi connectivity index (χ0n) is 11.5. The van der Waals surface area contributed by atoms with Crippen molar-refractivity contribution in [3.8, 4) is 5.75 Å². The van der Waals surface area contributed by atoms with Crippen molar-refractivity contribution < 1.29 is 13.9 Å². The number of carbonyl (C=O) groups excluding carboxylic acids is 1. The van der Waals surface area contributed by atoms with Crippen molar-refractivity contribution in [3.05, 3.63) is 62.9 Å². The van der Waals surface area contributed by atoms with E-state index in [9.17, 15) is 9.18 Å². The fourth-order valence-corrected chi connectivity index (χ4v) is 2.40. The molecular formula is C16H14BrFO2. The van der Waals surface area contributed by atoms with Crippen LogP contribution in [0.3, 0.4) is 0 Å². The van der Waals surface area contributed by atoms with E-state index in [4.69, 9.17) is 4.74 Å². The first-order chi connectivity index (χ1) is 9.45. The molecule has 0 bridgehead atoms. The quantitative estimate of drug-likeness (QED) is 0.774. The van der Waals surface area contributed by atoms with E-state index in [0.717, 1.165) is 11.1 Å². The lowest BCUT2D eigenvalue weighted by Gasteiger charge is -2.13. The monoisotopic (exact) mass is 336 g/mol. The predicted molar refractivity (Wildman–Crippen MR) is 80.0 cm³/mol. The highest BCUT2D eigenvalue weighted by Gasteiger charge is 2.18. The molecule has 2 aromatic carbocycles. The lowest BCUT2D eigenvalue weighted by Crippen LogP contribution is -2.06. The van der Waals surface area contributed by atoms with Gasteiger partial charge in [-0.05, 0) is 65.2 Å². The van der Waals surface area contributed by atoms with Crippen LogP contribution in [0.4, 0.5) is 4.39 Å². The number of methoxy groups -OCH3 is 1. The first kappa shape index (κ1) is 14.7. The van der Waals surface area contributed by atoms with Crippen molar-refractivity contribution in [2.45, 2.75) is 13.8 Å². The molecule has 0 N–H and O–H groups in total. The number of hydrogen-bond donors (Lipinski definition) is 0. The number of ether oxygens (including phenoxy) is 1. The summed E-state index contributed by atoms with van der Waals surface area (Å²) in [4.78, 5) is 12.5. The van der Waals surface area contributed by atoms with Crippen LogP contribution in [0.25, 0.3) is 0 Å². The highest BCUT2D eigenvalue weighted by atomic mass is 79.9. The minimum atomic E-state index is -0.395. The molecule has 2 rings (SSSR count). The first-order valence-corrected chi connectivity index (χ1v) is 6.89. The average Bonchev–Trinajstić information content (AvgIpc) is 2.44. The second-order valence-electron chi connectivity index (χ2n) is 4.55. The van der Waals surface area contributed by atoms with Crippen molar-refractivity contribution in [2.24, 2.45) is 0 Å². The van der Waals surface area contributed by atoms with E-state index < -0.39 is 5.82 Å². The van der Waals surface area contributed by atoms with Gasteiger partial charge in [-0.1, -0.05) is 6.07 Å². The molecule has 2 nitrogen and oxygen atoms in total. The number of aryl methyl sites for hydroxylation is 1. The summed E-state index contributed by atoms with van der Waals surface area (Å²) in [7, 11) is 1.54. The van der Waals surface area contributed by atoms with Gasteiger partial charge < -0.3 is 4.74 Å². The lowest BCUT2D eigenvalue weighted by atomic mass is 9.97. The molecule has 0 aromatic heterocycles. The number of halogens is 2. The van der Waals surface area contributed by atoms with Gasteiger partial charge in [0.1, 0.15) is 11.6 Å². The normalized spacial score (nSPS) is 10.4. The highest BCUT2D eigenvalue weighted by Crippen LogP contribution is 2.29. The Hall–Kier alpha value is -1.68. The standard InChI is InChI=1S/C16H14BrFO2/c1-9-4-6-12(16(20-3)10(9)2)15(19)11-5-7-14(18)13(17)8-11/h4-8H,1-3H3. The molecule has 0 amide bonds. The summed E-state index contributed by atoms with van der Waals surface area (Å²) in [6.45, 7) is 3.87. The number of carbonyl (C=O) groups is 1. The van der Waals surface area contributed by atoms with E-state index in [1.54, 1.807) is 13.2 Å². The zero-order valence-corrected chi connectivity index (χ0v) is 13.0. The molecule has 0 unspecified atom stereocenters. The average molecular weight is 337 g/mol. The Labute approximate surface area is 125 Å². The summed E-state index contributed by atoms with van der Waals surface area (Å²) in [6, 6.07) is 7.83. The molecule has 0 heterocycles. The molecule has 0 aliphatic carbocycles. The Morgan fingerprint density at radius 3 is 2.50 bits per heavy atom. The third-order valence-corrected chi connectivity index (χ3v) is 3.91. The minimum absolute atomic E-state index is 0.189. The van der Waals surface area contributed by atoms with E-state index in [1.165, 1.54) is 18.2 Å². The molecule has 0 spiro atoms. The van der Waals surface area contributed by atoms with Crippen LogP contribution in [0.5, 0.6) is 5.75 Å². The van der Waals surface area contributed by atoms with E-state index in [0.29, 0.717) is 16.9 Å². The van der Waals surface area contributed by atoms with Gasteiger partial charge in [-0.15, -0.1) is 0 Å². The van der Waals surface area contributed by atoms with Crippen molar-refractivity contribution in [3.63, 3.8) is 0 Å². The van der Waals surface area contributed by atoms with Crippen LogP contribution in [0.15, 0.2) is 34.8 Å². The molecule has 104 valence electrons. The third-order valence-electron chi connectivity index (χ3n) is 3.31. The molecule has 0 atom stereocenters. The first-order valence-electron chi connectivity index (χ1n) is 6.09. The molecule has 0 aliphatic heterocycles. The van der Waals surface area contributed by atoms with Gasteiger partial charge in [0.2, 0.25) is 0 Å². The van der Waals surface area contributed by atoms with Gasteiger partial charge in [0.05, 0.1) is 17.1 Å². The van der Waals surface area contributed by atoms with E-state index in [1.807, 2.05) is 19.9 Å². The smallest absolute Gasteiger partial charge is 0.196 e. The summed E-state index contributed by atoms with van der Waals surface area (Å²) >= 11 is 3.09. The second kappa shape index (κ2) is 5.75. The van der Waals surface area contributed by atoms with Gasteiger partial charge in [-0.2, -0.15) is 0 Å². The molecule has 0 saturated heterocycles. The molecular weight excluding hydrogens is 323 g/mol. The number of rotatable bonds is 3. The Balaban J connectivity index is 2.53. The van der Waals surface area contributed by atoms with Gasteiger partial charge in [-0.3, -0.25) is 4.79 Å². The molecule has 20 heavy (non-hydrogen) atoms. The van der Waals surface area contributed by atoms with Crippen LogP contribution in [0.2, 0.25) is 0 Å². The van der Waals surface area contributed by atoms with Crippen molar-refractivity contribution in [2.75, 3.05) is 7.11 Å². The van der Waals surface area contributed by atoms with Gasteiger partial charge >= 0.3 is 0 Å². The third kappa shape index (κ3) is 2.61. The van der Waals surface area contributed by atoms with Crippen molar-refractivity contribution in [1.82, 2.24) is 0 Å². The number of benzene rings is 2. The van der Waals surface area contributed by atoms with Crippen LogP contribution < -0.4 is 4.74 Å². The Bertz CT molecular complexity index is 680. The minimum Gasteiger partial charge on any atom is -0.496 e. The van der Waals surface area contributed by atoms with E-state index >= 15 is 0 Å². The topological polar surface area (TPSA) is 26.3 Å². The van der Waals surface area contributed by atoms with E-state index in [-0.39, 0.29) is 10.3 Å². The largest absolute Gasteiger partial charge is 0.496 e. The molecule has 0 radical (unpaired) electrons. The molecule has 4 heteroatoms. The maximum absolute atomic E-state index is 13.2. The fraction of sp³-hybridized carbons (Fsp3) is 0.188. The van der Waals surface area contributed by atoms with Crippen LogP contribution in [0.1, 0.15) is 27.0 Å². The van der Waals surface area contributed by atoms with Crippen LogP contribution in [-0.4, -0.2) is 12.9 Å². The SMILES string of the molecule is COc1c(C(=O)c2ccc(F)c(Br)c2)ccc(C)c1C. The maximum atomic E-state index is 13.2. The second-order valence-corrected chi connectivity index (χ2v) is 5.40. The van der Waals surface area contributed by atoms with Crippen LogP contribution >= 0.6 is 15.9 Å². The van der Waals surface area contributed by atoms with E-state index in [2.05, 4.69) is 15.9 Å².